The summed E-state index contributed by atoms with van der Waals surface area (Å²) in [5, 5.41) is 5.58. The van der Waals surface area contributed by atoms with Gasteiger partial charge in [0.05, 0.1) is 0 Å². The molecule has 1 amide bonds. The normalized spacial score (nSPS) is 26.5. The molecule has 1 saturated carbocycles. The molecule has 1 aliphatic carbocycles. The molecule has 1 unspecified atom stereocenters. The second-order valence-electron chi connectivity index (χ2n) is 7.46. The van der Waals surface area contributed by atoms with Crippen molar-refractivity contribution < 1.29 is 18.0 Å². The number of carbonyl (C=O) groups excluding carboxylic acids is 1. The van der Waals surface area contributed by atoms with E-state index in [1.165, 1.54) is 4.90 Å². The molecule has 2 rings (SSSR count). The molecule has 7 heteroatoms. The number of alkyl halides is 3. The molecule has 2 aliphatic rings. The third-order valence-electron chi connectivity index (χ3n) is 5.72. The lowest BCUT2D eigenvalue weighted by atomic mass is 10.0. The molecular formula is C15H26F3N3O. The first kappa shape index (κ1) is 17.5. The van der Waals surface area contributed by atoms with Gasteiger partial charge in [-0.05, 0) is 10.8 Å². The molecule has 0 aromatic carbocycles. The highest BCUT2D eigenvalue weighted by Crippen LogP contribution is 2.68. The van der Waals surface area contributed by atoms with Crippen molar-refractivity contribution in [2.45, 2.75) is 39.9 Å². The summed E-state index contributed by atoms with van der Waals surface area (Å²) in [4.78, 5) is 13.6. The van der Waals surface area contributed by atoms with Gasteiger partial charge in [0.25, 0.3) is 0 Å². The molecule has 1 aliphatic heterocycles. The quantitative estimate of drug-likeness (QED) is 0.827. The van der Waals surface area contributed by atoms with Crippen LogP contribution in [0.15, 0.2) is 0 Å². The Kier molecular flexibility index (Phi) is 4.52. The van der Waals surface area contributed by atoms with Crippen LogP contribution in [0.2, 0.25) is 0 Å². The number of rotatable bonds is 4. The minimum Gasteiger partial charge on any atom is -0.354 e. The van der Waals surface area contributed by atoms with Crippen LogP contribution in [-0.2, 0) is 4.79 Å². The van der Waals surface area contributed by atoms with Crippen LogP contribution in [0.1, 0.15) is 27.7 Å². The van der Waals surface area contributed by atoms with Crippen LogP contribution in [0, 0.1) is 16.7 Å². The molecule has 22 heavy (non-hydrogen) atoms. The van der Waals surface area contributed by atoms with E-state index in [2.05, 4.69) is 10.6 Å². The largest absolute Gasteiger partial charge is 0.405 e. The van der Waals surface area contributed by atoms with Crippen LogP contribution >= 0.6 is 0 Å². The molecule has 0 aromatic heterocycles. The molecule has 0 bridgehead atoms. The van der Waals surface area contributed by atoms with Crippen molar-refractivity contribution in [3.63, 3.8) is 0 Å². The maximum absolute atomic E-state index is 13.3. The van der Waals surface area contributed by atoms with Crippen LogP contribution in [0.5, 0.6) is 0 Å². The van der Waals surface area contributed by atoms with E-state index >= 15 is 0 Å². The van der Waals surface area contributed by atoms with Gasteiger partial charge in [-0.3, -0.25) is 9.69 Å². The fourth-order valence-electron chi connectivity index (χ4n) is 3.60. The molecule has 1 atom stereocenters. The lowest BCUT2D eigenvalue weighted by molar-refractivity contribution is -0.184. The number of nitrogens with one attached hydrogen (secondary N) is 2. The summed E-state index contributed by atoms with van der Waals surface area (Å²) in [5.74, 6) is -0.490. The van der Waals surface area contributed by atoms with Crippen molar-refractivity contribution >= 4 is 5.91 Å². The molecule has 2 fully saturated rings. The zero-order valence-electron chi connectivity index (χ0n) is 13.7. The Hall–Kier alpha value is -0.820. The molecule has 2 N–H and O–H groups in total. The molecule has 0 spiro atoms. The first-order chi connectivity index (χ1) is 9.99. The van der Waals surface area contributed by atoms with E-state index in [0.717, 1.165) is 0 Å². The van der Waals surface area contributed by atoms with Gasteiger partial charge in [0.1, 0.15) is 6.04 Å². The Labute approximate surface area is 129 Å². The smallest absolute Gasteiger partial charge is 0.354 e. The number of hydrogen-bond donors (Lipinski definition) is 2. The zero-order valence-corrected chi connectivity index (χ0v) is 13.7. The average Bonchev–Trinajstić information content (AvgIpc) is 2.79. The number of carbonyl (C=O) groups is 1. The highest BCUT2D eigenvalue weighted by molar-refractivity contribution is 5.84. The van der Waals surface area contributed by atoms with Gasteiger partial charge < -0.3 is 10.6 Å². The summed E-state index contributed by atoms with van der Waals surface area (Å²) in [7, 11) is 0. The zero-order chi connectivity index (χ0) is 16.8. The van der Waals surface area contributed by atoms with Gasteiger partial charge in [-0.25, -0.2) is 0 Å². The third-order valence-corrected chi connectivity index (χ3v) is 5.72. The van der Waals surface area contributed by atoms with Crippen LogP contribution in [0.25, 0.3) is 0 Å². The van der Waals surface area contributed by atoms with E-state index < -0.39 is 12.2 Å². The van der Waals surface area contributed by atoms with E-state index in [1.54, 1.807) is 0 Å². The van der Waals surface area contributed by atoms with Crippen molar-refractivity contribution in [2.24, 2.45) is 16.7 Å². The van der Waals surface area contributed by atoms with Gasteiger partial charge >= 0.3 is 6.18 Å². The minimum atomic E-state index is -4.33. The summed E-state index contributed by atoms with van der Waals surface area (Å²) in [6, 6.07) is -1.61. The predicted molar refractivity (Wildman–Crippen MR) is 78.3 cm³/mol. The standard InChI is InChI=1S/C15H26F3N3O/c1-13(2)11(14(13,3)4)12(22)20-9-10(15(16,17)18)21-7-5-19-6-8-21/h10-11,19H,5-9H2,1-4H3,(H,20,22). The van der Waals surface area contributed by atoms with Crippen LogP contribution in [-0.4, -0.2) is 55.7 Å². The molecule has 0 aromatic rings. The number of hydrogen-bond acceptors (Lipinski definition) is 3. The molecule has 1 heterocycles. The Morgan fingerprint density at radius 1 is 1.23 bits per heavy atom. The number of nitrogens with zero attached hydrogens (tertiary/aromatic N) is 1. The van der Waals surface area contributed by atoms with E-state index in [9.17, 15) is 18.0 Å². The number of amides is 1. The topological polar surface area (TPSA) is 44.4 Å². The van der Waals surface area contributed by atoms with Crippen LogP contribution < -0.4 is 10.6 Å². The monoisotopic (exact) mass is 321 g/mol. The number of piperazine rings is 1. The Bertz CT molecular complexity index is 414. The number of halogens is 3. The summed E-state index contributed by atoms with van der Waals surface area (Å²) >= 11 is 0. The van der Waals surface area contributed by atoms with Crippen molar-refractivity contribution in [3.05, 3.63) is 0 Å². The Morgan fingerprint density at radius 3 is 2.14 bits per heavy atom. The van der Waals surface area contributed by atoms with Gasteiger partial charge in [0.2, 0.25) is 5.91 Å². The van der Waals surface area contributed by atoms with Crippen molar-refractivity contribution in [2.75, 3.05) is 32.7 Å². The van der Waals surface area contributed by atoms with Crippen molar-refractivity contribution in [1.82, 2.24) is 15.5 Å². The molecule has 128 valence electrons. The maximum atomic E-state index is 13.3. The lowest BCUT2D eigenvalue weighted by Gasteiger charge is -2.36. The summed E-state index contributed by atoms with van der Waals surface area (Å²) < 4.78 is 39.8. The first-order valence-corrected chi connectivity index (χ1v) is 7.79. The SMILES string of the molecule is CC1(C)C(C(=O)NCC(N2CCNCC2)C(F)(F)F)C1(C)C. The van der Waals surface area contributed by atoms with Gasteiger partial charge in [-0.15, -0.1) is 0 Å². The summed E-state index contributed by atoms with van der Waals surface area (Å²) in [6.45, 7) is 9.34. The van der Waals surface area contributed by atoms with Crippen molar-refractivity contribution in [1.29, 1.82) is 0 Å². The molecule has 1 saturated heterocycles. The minimum absolute atomic E-state index is 0.167. The average molecular weight is 321 g/mol. The van der Waals surface area contributed by atoms with E-state index in [1.807, 2.05) is 27.7 Å². The van der Waals surface area contributed by atoms with E-state index in [4.69, 9.17) is 0 Å². The lowest BCUT2D eigenvalue weighted by Crippen LogP contribution is -2.57. The van der Waals surface area contributed by atoms with Gasteiger partial charge in [0, 0.05) is 38.6 Å². The Morgan fingerprint density at radius 2 is 1.73 bits per heavy atom. The van der Waals surface area contributed by atoms with Crippen molar-refractivity contribution in [3.8, 4) is 0 Å². The summed E-state index contributed by atoms with van der Waals surface area (Å²) in [6.07, 6.45) is -4.33. The summed E-state index contributed by atoms with van der Waals surface area (Å²) in [5.41, 5.74) is -0.334. The fourth-order valence-corrected chi connectivity index (χ4v) is 3.60. The molecule has 0 radical (unpaired) electrons. The maximum Gasteiger partial charge on any atom is 0.405 e. The van der Waals surface area contributed by atoms with Gasteiger partial charge in [-0.2, -0.15) is 13.2 Å². The predicted octanol–water partition coefficient (Wildman–Crippen LogP) is 1.62. The Balaban J connectivity index is 1.96. The third kappa shape index (κ3) is 3.11. The van der Waals surface area contributed by atoms with E-state index in [-0.39, 0.29) is 29.2 Å². The molecular weight excluding hydrogens is 295 g/mol. The fraction of sp³-hybridized carbons (Fsp3) is 0.933. The first-order valence-electron chi connectivity index (χ1n) is 7.79. The van der Waals surface area contributed by atoms with Gasteiger partial charge in [0.15, 0.2) is 0 Å². The second-order valence-corrected chi connectivity index (χ2v) is 7.46. The van der Waals surface area contributed by atoms with Crippen LogP contribution in [0.4, 0.5) is 13.2 Å². The highest BCUT2D eigenvalue weighted by atomic mass is 19.4. The molecule has 4 nitrogen and oxygen atoms in total. The second kappa shape index (κ2) is 5.67. The van der Waals surface area contributed by atoms with Gasteiger partial charge in [-0.1, -0.05) is 27.7 Å². The van der Waals surface area contributed by atoms with Crippen LogP contribution in [0.3, 0.4) is 0 Å². The van der Waals surface area contributed by atoms with E-state index in [0.29, 0.717) is 26.2 Å². The highest BCUT2D eigenvalue weighted by Gasteiger charge is 2.68.